The Morgan fingerprint density at radius 3 is 2.26 bits per heavy atom. The maximum Gasteiger partial charge on any atom is 0.332 e. The van der Waals surface area contributed by atoms with Gasteiger partial charge in [0.1, 0.15) is 11.8 Å². The lowest BCUT2D eigenvalue weighted by molar-refractivity contribution is -0.124. The van der Waals surface area contributed by atoms with Gasteiger partial charge in [0.25, 0.3) is 5.91 Å². The topological polar surface area (TPSA) is 97.4 Å². The SMILES string of the molecule is CCOc1ccc(NC(=O)CC2C(=O)N(c3ccc(C)cc3)C(=O)N2CCc2ccc(OC)c(OC)c2)cc1. The zero-order valence-corrected chi connectivity index (χ0v) is 22.6. The molecule has 3 aromatic carbocycles. The number of anilines is 2. The van der Waals surface area contributed by atoms with Crippen molar-refractivity contribution in [2.45, 2.75) is 32.7 Å². The van der Waals surface area contributed by atoms with Gasteiger partial charge in [-0.15, -0.1) is 0 Å². The third kappa shape index (κ3) is 6.31. The first kappa shape index (κ1) is 27.5. The molecule has 0 radical (unpaired) electrons. The summed E-state index contributed by atoms with van der Waals surface area (Å²) in [5.74, 6) is 1.07. The van der Waals surface area contributed by atoms with E-state index in [0.717, 1.165) is 16.0 Å². The smallest absolute Gasteiger partial charge is 0.332 e. The number of methoxy groups -OCH3 is 2. The molecular weight excluding hydrogens is 498 g/mol. The molecule has 0 bridgehead atoms. The average Bonchev–Trinajstić information content (AvgIpc) is 3.17. The van der Waals surface area contributed by atoms with Gasteiger partial charge in [-0.05, 0) is 74.4 Å². The highest BCUT2D eigenvalue weighted by Crippen LogP contribution is 2.30. The molecule has 1 atom stereocenters. The molecule has 0 aromatic heterocycles. The Bertz CT molecular complexity index is 1320. The van der Waals surface area contributed by atoms with Crippen molar-refractivity contribution in [1.29, 1.82) is 0 Å². The van der Waals surface area contributed by atoms with Crippen LogP contribution in [0.2, 0.25) is 0 Å². The quantitative estimate of drug-likeness (QED) is 0.357. The van der Waals surface area contributed by atoms with Gasteiger partial charge < -0.3 is 24.4 Å². The van der Waals surface area contributed by atoms with Crippen LogP contribution >= 0.6 is 0 Å². The van der Waals surface area contributed by atoms with Crippen LogP contribution in [-0.4, -0.2) is 56.2 Å². The monoisotopic (exact) mass is 531 g/mol. The van der Waals surface area contributed by atoms with E-state index in [1.165, 1.54) is 4.90 Å². The lowest BCUT2D eigenvalue weighted by Gasteiger charge is -2.22. The average molecular weight is 532 g/mol. The molecule has 1 saturated heterocycles. The van der Waals surface area contributed by atoms with Crippen molar-refractivity contribution >= 4 is 29.2 Å². The van der Waals surface area contributed by atoms with Crippen molar-refractivity contribution in [3.8, 4) is 17.2 Å². The zero-order valence-electron chi connectivity index (χ0n) is 22.6. The highest BCUT2D eigenvalue weighted by Gasteiger charge is 2.46. The van der Waals surface area contributed by atoms with Crippen molar-refractivity contribution in [2.24, 2.45) is 0 Å². The molecule has 1 N–H and O–H groups in total. The molecule has 4 rings (SSSR count). The fraction of sp³-hybridized carbons (Fsp3) is 0.300. The second-order valence-corrected chi connectivity index (χ2v) is 9.15. The number of nitrogens with one attached hydrogen (secondary N) is 1. The van der Waals surface area contributed by atoms with Gasteiger partial charge in [0.05, 0.1) is 32.9 Å². The molecular formula is C30H33N3O6. The number of carbonyl (C=O) groups excluding carboxylic acids is 3. The van der Waals surface area contributed by atoms with Crippen LogP contribution in [0.1, 0.15) is 24.5 Å². The largest absolute Gasteiger partial charge is 0.494 e. The highest BCUT2D eigenvalue weighted by molar-refractivity contribution is 6.22. The number of carbonyl (C=O) groups is 3. The van der Waals surface area contributed by atoms with Crippen LogP contribution in [-0.2, 0) is 16.0 Å². The van der Waals surface area contributed by atoms with Crippen molar-refractivity contribution in [1.82, 2.24) is 4.90 Å². The summed E-state index contributed by atoms with van der Waals surface area (Å²) in [4.78, 5) is 42.7. The minimum atomic E-state index is -0.943. The summed E-state index contributed by atoms with van der Waals surface area (Å²) in [5, 5.41) is 2.82. The standard InChI is InChI=1S/C30H33N3O6/c1-5-39-24-13-9-22(10-14-24)31-28(34)19-25-29(35)33(23-11-6-20(2)7-12-23)30(36)32(25)17-16-21-8-15-26(37-3)27(18-21)38-4/h6-15,18,25H,5,16-17,19H2,1-4H3,(H,31,34). The van der Waals surface area contributed by atoms with Crippen molar-refractivity contribution in [2.75, 3.05) is 37.6 Å². The van der Waals surface area contributed by atoms with Crippen LogP contribution in [0.4, 0.5) is 16.2 Å². The molecule has 1 fully saturated rings. The Labute approximate surface area is 228 Å². The molecule has 1 unspecified atom stereocenters. The third-order valence-corrected chi connectivity index (χ3v) is 6.53. The van der Waals surface area contributed by atoms with E-state index in [1.54, 1.807) is 56.7 Å². The van der Waals surface area contributed by atoms with E-state index in [9.17, 15) is 14.4 Å². The molecule has 0 saturated carbocycles. The van der Waals surface area contributed by atoms with E-state index in [2.05, 4.69) is 5.32 Å². The minimum absolute atomic E-state index is 0.175. The second-order valence-electron chi connectivity index (χ2n) is 9.15. The van der Waals surface area contributed by atoms with E-state index < -0.39 is 18.0 Å². The Morgan fingerprint density at radius 2 is 1.62 bits per heavy atom. The minimum Gasteiger partial charge on any atom is -0.494 e. The summed E-state index contributed by atoms with van der Waals surface area (Å²) in [6.07, 6.45) is 0.282. The summed E-state index contributed by atoms with van der Waals surface area (Å²) in [6.45, 7) is 4.61. The lowest BCUT2D eigenvalue weighted by Crippen LogP contribution is -2.39. The Balaban J connectivity index is 1.54. The van der Waals surface area contributed by atoms with Gasteiger partial charge in [-0.2, -0.15) is 0 Å². The molecule has 204 valence electrons. The number of urea groups is 1. The zero-order chi connectivity index (χ0) is 27.9. The first-order chi connectivity index (χ1) is 18.8. The maximum atomic E-state index is 13.5. The summed E-state index contributed by atoms with van der Waals surface area (Å²) in [6, 6.07) is 18.3. The van der Waals surface area contributed by atoms with Crippen LogP contribution in [0, 0.1) is 6.92 Å². The Kier molecular flexibility index (Phi) is 8.70. The van der Waals surface area contributed by atoms with Crippen LogP contribution in [0.5, 0.6) is 17.2 Å². The van der Waals surface area contributed by atoms with Crippen LogP contribution in [0.25, 0.3) is 0 Å². The molecule has 1 aliphatic heterocycles. The molecule has 9 nitrogen and oxygen atoms in total. The van der Waals surface area contributed by atoms with Gasteiger partial charge in [0.15, 0.2) is 11.5 Å². The number of imide groups is 1. The normalized spacial score (nSPS) is 14.9. The highest BCUT2D eigenvalue weighted by atomic mass is 16.5. The molecule has 0 aliphatic carbocycles. The van der Waals surface area contributed by atoms with E-state index in [4.69, 9.17) is 14.2 Å². The van der Waals surface area contributed by atoms with Gasteiger partial charge in [0.2, 0.25) is 5.91 Å². The van der Waals surface area contributed by atoms with Gasteiger partial charge in [-0.25, -0.2) is 9.69 Å². The van der Waals surface area contributed by atoms with E-state index >= 15 is 0 Å². The third-order valence-electron chi connectivity index (χ3n) is 6.53. The maximum absolute atomic E-state index is 13.5. The molecule has 39 heavy (non-hydrogen) atoms. The van der Waals surface area contributed by atoms with Gasteiger partial charge in [0, 0.05) is 12.2 Å². The number of rotatable bonds is 11. The molecule has 1 heterocycles. The summed E-state index contributed by atoms with van der Waals surface area (Å²) in [5.41, 5.74) is 2.96. The number of hydrogen-bond acceptors (Lipinski definition) is 6. The van der Waals surface area contributed by atoms with E-state index in [-0.39, 0.29) is 18.9 Å². The number of benzene rings is 3. The second kappa shape index (κ2) is 12.3. The van der Waals surface area contributed by atoms with Gasteiger partial charge in [-0.3, -0.25) is 9.59 Å². The number of hydrogen-bond donors (Lipinski definition) is 1. The fourth-order valence-electron chi connectivity index (χ4n) is 4.49. The first-order valence-electron chi connectivity index (χ1n) is 12.8. The Hall–Kier alpha value is -4.53. The molecule has 4 amide bonds. The number of amides is 4. The van der Waals surface area contributed by atoms with Crippen molar-refractivity contribution in [3.63, 3.8) is 0 Å². The van der Waals surface area contributed by atoms with E-state index in [0.29, 0.717) is 41.7 Å². The van der Waals surface area contributed by atoms with Crippen molar-refractivity contribution < 1.29 is 28.6 Å². The molecule has 9 heteroatoms. The molecule has 3 aromatic rings. The predicted octanol–water partition coefficient (Wildman–Crippen LogP) is 4.82. The Morgan fingerprint density at radius 1 is 0.923 bits per heavy atom. The van der Waals surface area contributed by atoms with Crippen LogP contribution in [0.3, 0.4) is 0 Å². The first-order valence-corrected chi connectivity index (χ1v) is 12.8. The summed E-state index contributed by atoms with van der Waals surface area (Å²) < 4.78 is 16.1. The lowest BCUT2D eigenvalue weighted by atomic mass is 10.1. The van der Waals surface area contributed by atoms with Gasteiger partial charge >= 0.3 is 6.03 Å². The van der Waals surface area contributed by atoms with Gasteiger partial charge in [-0.1, -0.05) is 23.8 Å². The predicted molar refractivity (Wildman–Crippen MR) is 149 cm³/mol. The van der Waals surface area contributed by atoms with Crippen LogP contribution < -0.4 is 24.4 Å². The number of nitrogens with zero attached hydrogens (tertiary/aromatic N) is 2. The van der Waals surface area contributed by atoms with E-state index in [1.807, 2.05) is 38.1 Å². The molecule has 0 spiro atoms. The van der Waals surface area contributed by atoms with Crippen molar-refractivity contribution in [3.05, 3.63) is 77.9 Å². The summed E-state index contributed by atoms with van der Waals surface area (Å²) in [7, 11) is 3.12. The number of aryl methyl sites for hydroxylation is 1. The van der Waals surface area contributed by atoms with Crippen LogP contribution in [0.15, 0.2) is 66.7 Å². The fourth-order valence-corrected chi connectivity index (χ4v) is 4.49. The summed E-state index contributed by atoms with van der Waals surface area (Å²) >= 11 is 0. The number of ether oxygens (including phenoxy) is 3. The molecule has 1 aliphatic rings.